The van der Waals surface area contributed by atoms with Gasteiger partial charge >= 0.3 is 0 Å². The van der Waals surface area contributed by atoms with Crippen molar-refractivity contribution in [1.82, 2.24) is 0 Å². The first-order valence-electron chi connectivity index (χ1n) is 7.35. The summed E-state index contributed by atoms with van der Waals surface area (Å²) in [5.74, 6) is -5.45. The van der Waals surface area contributed by atoms with E-state index in [9.17, 15) is 22.8 Å². The predicted molar refractivity (Wildman–Crippen MR) is 93.0 cm³/mol. The molecular weight excluding hydrogens is 365 g/mol. The lowest BCUT2D eigenvalue weighted by molar-refractivity contribution is 0.102. The topological polar surface area (TPSA) is 58.2 Å². The SMILES string of the molecule is O=C(Nc1ccc(F)c(F)c1F)c1ccc(NC(=O)c2cccs2)cc1. The van der Waals surface area contributed by atoms with Crippen molar-refractivity contribution in [2.24, 2.45) is 0 Å². The molecule has 0 atom stereocenters. The maximum Gasteiger partial charge on any atom is 0.265 e. The normalized spacial score (nSPS) is 10.4. The summed E-state index contributed by atoms with van der Waals surface area (Å²) in [6, 6.07) is 10.9. The third-order valence-electron chi connectivity index (χ3n) is 3.43. The molecule has 1 heterocycles. The molecule has 132 valence electrons. The van der Waals surface area contributed by atoms with Gasteiger partial charge in [0.15, 0.2) is 17.5 Å². The average molecular weight is 376 g/mol. The highest BCUT2D eigenvalue weighted by molar-refractivity contribution is 7.12. The summed E-state index contributed by atoms with van der Waals surface area (Å²) in [6.07, 6.45) is 0. The van der Waals surface area contributed by atoms with Crippen molar-refractivity contribution in [2.45, 2.75) is 0 Å². The molecular formula is C18H11F3N2O2S. The Bertz CT molecular complexity index is 957. The highest BCUT2D eigenvalue weighted by Crippen LogP contribution is 2.21. The molecule has 26 heavy (non-hydrogen) atoms. The summed E-state index contributed by atoms with van der Waals surface area (Å²) in [5, 5.41) is 6.62. The summed E-state index contributed by atoms with van der Waals surface area (Å²) >= 11 is 1.29. The zero-order valence-electron chi connectivity index (χ0n) is 13.1. The minimum atomic E-state index is -1.66. The monoisotopic (exact) mass is 376 g/mol. The summed E-state index contributed by atoms with van der Waals surface area (Å²) in [6.45, 7) is 0. The Kier molecular flexibility index (Phi) is 5.04. The van der Waals surface area contributed by atoms with Gasteiger partial charge in [-0.2, -0.15) is 0 Å². The van der Waals surface area contributed by atoms with Crippen molar-refractivity contribution in [3.05, 3.63) is 81.8 Å². The number of hydrogen-bond acceptors (Lipinski definition) is 3. The van der Waals surface area contributed by atoms with E-state index in [4.69, 9.17) is 0 Å². The van der Waals surface area contributed by atoms with Crippen LogP contribution < -0.4 is 10.6 Å². The van der Waals surface area contributed by atoms with E-state index in [1.165, 1.54) is 35.6 Å². The standard InChI is InChI=1S/C18H11F3N2O2S/c19-12-7-8-13(16(21)15(12)20)23-17(24)10-3-5-11(6-4-10)22-18(25)14-2-1-9-26-14/h1-9H,(H,22,25)(H,23,24). The third-order valence-corrected chi connectivity index (χ3v) is 4.30. The molecule has 0 saturated carbocycles. The van der Waals surface area contributed by atoms with E-state index in [1.54, 1.807) is 17.5 Å². The molecule has 2 amide bonds. The maximum atomic E-state index is 13.6. The van der Waals surface area contributed by atoms with Gasteiger partial charge < -0.3 is 10.6 Å². The maximum absolute atomic E-state index is 13.6. The van der Waals surface area contributed by atoms with Crippen molar-refractivity contribution in [3.63, 3.8) is 0 Å². The summed E-state index contributed by atoms with van der Waals surface area (Å²) < 4.78 is 39.7. The van der Waals surface area contributed by atoms with Gasteiger partial charge in [-0.1, -0.05) is 6.07 Å². The lowest BCUT2D eigenvalue weighted by Crippen LogP contribution is -2.14. The van der Waals surface area contributed by atoms with E-state index in [1.807, 2.05) is 0 Å². The molecule has 0 fully saturated rings. The van der Waals surface area contributed by atoms with E-state index in [2.05, 4.69) is 10.6 Å². The van der Waals surface area contributed by atoms with Crippen LogP contribution in [0.1, 0.15) is 20.0 Å². The first kappa shape index (κ1) is 17.7. The Labute approximate surface area is 150 Å². The second kappa shape index (κ2) is 7.40. The molecule has 0 aliphatic carbocycles. The molecule has 0 unspecified atom stereocenters. The molecule has 0 radical (unpaired) electrons. The van der Waals surface area contributed by atoms with Crippen LogP contribution in [0.25, 0.3) is 0 Å². The van der Waals surface area contributed by atoms with Crippen LogP contribution in [0.3, 0.4) is 0 Å². The number of nitrogens with one attached hydrogen (secondary N) is 2. The van der Waals surface area contributed by atoms with E-state index in [-0.39, 0.29) is 11.5 Å². The Morgan fingerprint density at radius 2 is 1.54 bits per heavy atom. The van der Waals surface area contributed by atoms with Crippen LogP contribution in [0.5, 0.6) is 0 Å². The van der Waals surface area contributed by atoms with E-state index >= 15 is 0 Å². The second-order valence-electron chi connectivity index (χ2n) is 5.19. The van der Waals surface area contributed by atoms with Crippen molar-refractivity contribution < 1.29 is 22.8 Å². The molecule has 3 aromatic rings. The van der Waals surface area contributed by atoms with E-state index < -0.39 is 29.0 Å². The number of rotatable bonds is 4. The Morgan fingerprint density at radius 3 is 2.19 bits per heavy atom. The number of amides is 2. The Hall–Kier alpha value is -3.13. The highest BCUT2D eigenvalue weighted by atomic mass is 32.1. The van der Waals surface area contributed by atoms with Crippen molar-refractivity contribution in [2.75, 3.05) is 10.6 Å². The van der Waals surface area contributed by atoms with Gasteiger partial charge in [-0.15, -0.1) is 11.3 Å². The van der Waals surface area contributed by atoms with Gasteiger partial charge in [-0.3, -0.25) is 9.59 Å². The van der Waals surface area contributed by atoms with Crippen LogP contribution >= 0.6 is 11.3 Å². The molecule has 4 nitrogen and oxygen atoms in total. The number of halogens is 3. The number of anilines is 2. The third kappa shape index (κ3) is 3.75. The lowest BCUT2D eigenvalue weighted by Gasteiger charge is -2.08. The zero-order valence-corrected chi connectivity index (χ0v) is 13.9. The predicted octanol–water partition coefficient (Wildman–Crippen LogP) is 4.67. The Morgan fingerprint density at radius 1 is 0.808 bits per heavy atom. The number of hydrogen-bond donors (Lipinski definition) is 2. The molecule has 0 aliphatic heterocycles. The van der Waals surface area contributed by atoms with Gasteiger partial charge in [0, 0.05) is 11.3 Å². The minimum absolute atomic E-state index is 0.156. The van der Waals surface area contributed by atoms with E-state index in [0.29, 0.717) is 10.6 Å². The van der Waals surface area contributed by atoms with Crippen molar-refractivity contribution in [1.29, 1.82) is 0 Å². The largest absolute Gasteiger partial charge is 0.321 e. The summed E-state index contributed by atoms with van der Waals surface area (Å²) in [7, 11) is 0. The zero-order chi connectivity index (χ0) is 18.7. The van der Waals surface area contributed by atoms with Gasteiger partial charge in [0.1, 0.15) is 0 Å². The minimum Gasteiger partial charge on any atom is -0.321 e. The molecule has 0 spiro atoms. The molecule has 0 saturated heterocycles. The molecule has 3 rings (SSSR count). The number of benzene rings is 2. The van der Waals surface area contributed by atoms with E-state index in [0.717, 1.165) is 12.1 Å². The summed E-state index contributed by atoms with van der Waals surface area (Å²) in [5.41, 5.74) is 0.159. The molecule has 2 aromatic carbocycles. The van der Waals surface area contributed by atoms with Gasteiger partial charge in [-0.05, 0) is 47.8 Å². The first-order valence-corrected chi connectivity index (χ1v) is 8.23. The average Bonchev–Trinajstić information content (AvgIpc) is 3.17. The van der Waals surface area contributed by atoms with Crippen LogP contribution in [0.15, 0.2) is 53.9 Å². The molecule has 1 aromatic heterocycles. The fourth-order valence-corrected chi connectivity index (χ4v) is 2.74. The van der Waals surface area contributed by atoms with Crippen LogP contribution in [0.4, 0.5) is 24.5 Å². The quantitative estimate of drug-likeness (QED) is 0.650. The fraction of sp³-hybridized carbons (Fsp3) is 0. The first-order chi connectivity index (χ1) is 12.5. The molecule has 8 heteroatoms. The number of thiophene rings is 1. The van der Waals surface area contributed by atoms with Crippen LogP contribution in [0.2, 0.25) is 0 Å². The molecule has 2 N–H and O–H groups in total. The molecule has 0 bridgehead atoms. The highest BCUT2D eigenvalue weighted by Gasteiger charge is 2.16. The smallest absolute Gasteiger partial charge is 0.265 e. The molecule has 0 aliphatic rings. The van der Waals surface area contributed by atoms with Gasteiger partial charge in [0.2, 0.25) is 0 Å². The number of carbonyl (C=O) groups is 2. The van der Waals surface area contributed by atoms with Crippen LogP contribution in [0, 0.1) is 17.5 Å². The fourth-order valence-electron chi connectivity index (χ4n) is 2.12. The number of carbonyl (C=O) groups excluding carboxylic acids is 2. The van der Waals surface area contributed by atoms with Crippen molar-refractivity contribution >= 4 is 34.5 Å². The second-order valence-corrected chi connectivity index (χ2v) is 6.13. The van der Waals surface area contributed by atoms with Gasteiger partial charge in [-0.25, -0.2) is 13.2 Å². The van der Waals surface area contributed by atoms with Crippen molar-refractivity contribution in [3.8, 4) is 0 Å². The van der Waals surface area contributed by atoms with Gasteiger partial charge in [0.05, 0.1) is 10.6 Å². The van der Waals surface area contributed by atoms with Crippen LogP contribution in [-0.4, -0.2) is 11.8 Å². The van der Waals surface area contributed by atoms with Crippen LogP contribution in [-0.2, 0) is 0 Å². The summed E-state index contributed by atoms with van der Waals surface area (Å²) in [4.78, 5) is 24.6. The van der Waals surface area contributed by atoms with Gasteiger partial charge in [0.25, 0.3) is 11.8 Å². The Balaban J connectivity index is 1.69. The lowest BCUT2D eigenvalue weighted by atomic mass is 10.2.